The number of aromatic amines is 1. The Balaban J connectivity index is 2.16. The maximum absolute atomic E-state index is 11.9. The zero-order valence-corrected chi connectivity index (χ0v) is 10.6. The first-order valence-corrected chi connectivity index (χ1v) is 6.32. The molecule has 5 nitrogen and oxygen atoms in total. The lowest BCUT2D eigenvalue weighted by Gasteiger charge is -2.05. The number of nitrogens with one attached hydrogen (secondary N) is 2. The first kappa shape index (κ1) is 13.3. The van der Waals surface area contributed by atoms with Crippen molar-refractivity contribution in [2.24, 2.45) is 5.73 Å². The van der Waals surface area contributed by atoms with Crippen LogP contribution < -0.4 is 16.6 Å². The van der Waals surface area contributed by atoms with E-state index in [2.05, 4.69) is 10.3 Å². The Hall–Kier alpha value is -2.14. The van der Waals surface area contributed by atoms with Crippen molar-refractivity contribution in [2.45, 2.75) is 12.8 Å². The van der Waals surface area contributed by atoms with Crippen molar-refractivity contribution in [3.8, 4) is 0 Å². The van der Waals surface area contributed by atoms with E-state index in [9.17, 15) is 9.59 Å². The molecule has 1 heterocycles. The lowest BCUT2D eigenvalue weighted by atomic mass is 10.1. The first-order valence-electron chi connectivity index (χ1n) is 6.32. The lowest BCUT2D eigenvalue weighted by Crippen LogP contribution is -2.27. The number of hydrogen-bond donors (Lipinski definition) is 3. The van der Waals surface area contributed by atoms with E-state index in [0.29, 0.717) is 18.5 Å². The van der Waals surface area contributed by atoms with Gasteiger partial charge in [0.1, 0.15) is 5.69 Å². The summed E-state index contributed by atoms with van der Waals surface area (Å²) in [7, 11) is 0. The van der Waals surface area contributed by atoms with Crippen molar-refractivity contribution in [2.75, 3.05) is 13.1 Å². The molecule has 0 fully saturated rings. The topological polar surface area (TPSA) is 88.0 Å². The van der Waals surface area contributed by atoms with Gasteiger partial charge in [0, 0.05) is 11.9 Å². The minimum absolute atomic E-state index is 0.245. The van der Waals surface area contributed by atoms with Gasteiger partial charge in [-0.15, -0.1) is 0 Å². The molecule has 0 aliphatic carbocycles. The molecule has 5 heteroatoms. The van der Waals surface area contributed by atoms with Crippen molar-refractivity contribution in [1.29, 1.82) is 0 Å². The quantitative estimate of drug-likeness (QED) is 0.700. The molecular weight excluding hydrogens is 242 g/mol. The Labute approximate surface area is 110 Å². The molecule has 2 rings (SSSR count). The molecule has 0 bridgehead atoms. The predicted molar refractivity (Wildman–Crippen MR) is 75.2 cm³/mol. The number of benzene rings is 1. The number of unbranched alkanes of at least 4 members (excludes halogenated alkanes) is 1. The van der Waals surface area contributed by atoms with Crippen molar-refractivity contribution >= 4 is 16.7 Å². The average molecular weight is 259 g/mol. The van der Waals surface area contributed by atoms with Gasteiger partial charge >= 0.3 is 0 Å². The Morgan fingerprint density at radius 2 is 2.05 bits per heavy atom. The average Bonchev–Trinajstić information content (AvgIpc) is 2.43. The van der Waals surface area contributed by atoms with Gasteiger partial charge in [-0.3, -0.25) is 9.59 Å². The van der Waals surface area contributed by atoms with Gasteiger partial charge in [-0.25, -0.2) is 0 Å². The molecule has 0 saturated carbocycles. The summed E-state index contributed by atoms with van der Waals surface area (Å²) in [5.74, 6) is -0.264. The Bertz CT molecular complexity index is 634. The van der Waals surface area contributed by atoms with Crippen LogP contribution in [0.5, 0.6) is 0 Å². The summed E-state index contributed by atoms with van der Waals surface area (Å²) >= 11 is 0. The number of hydrogen-bond acceptors (Lipinski definition) is 3. The smallest absolute Gasteiger partial charge is 0.267 e. The molecule has 0 aliphatic rings. The second-order valence-electron chi connectivity index (χ2n) is 4.35. The summed E-state index contributed by atoms with van der Waals surface area (Å²) in [5, 5.41) is 4.11. The number of rotatable bonds is 5. The van der Waals surface area contributed by atoms with Crippen LogP contribution in [-0.2, 0) is 0 Å². The highest BCUT2D eigenvalue weighted by molar-refractivity contribution is 5.96. The summed E-state index contributed by atoms with van der Waals surface area (Å²) in [4.78, 5) is 26.3. The second kappa shape index (κ2) is 6.15. The van der Waals surface area contributed by atoms with Crippen molar-refractivity contribution < 1.29 is 4.79 Å². The molecule has 1 amide bonds. The van der Waals surface area contributed by atoms with Crippen LogP contribution in [0.4, 0.5) is 0 Å². The van der Waals surface area contributed by atoms with E-state index in [0.717, 1.165) is 18.2 Å². The van der Waals surface area contributed by atoms with Crippen LogP contribution >= 0.6 is 0 Å². The van der Waals surface area contributed by atoms with Crippen molar-refractivity contribution in [3.05, 3.63) is 46.4 Å². The number of pyridine rings is 1. The van der Waals surface area contributed by atoms with Gasteiger partial charge in [0.15, 0.2) is 0 Å². The number of nitrogens with two attached hydrogens (primary N) is 1. The third kappa shape index (κ3) is 3.20. The molecule has 4 N–H and O–H groups in total. The normalized spacial score (nSPS) is 10.6. The summed E-state index contributed by atoms with van der Waals surface area (Å²) in [6.07, 6.45) is 1.70. The minimum atomic E-state index is -0.264. The van der Waals surface area contributed by atoms with Gasteiger partial charge in [-0.1, -0.05) is 18.2 Å². The van der Waals surface area contributed by atoms with Gasteiger partial charge in [-0.2, -0.15) is 0 Å². The zero-order valence-electron chi connectivity index (χ0n) is 10.6. The minimum Gasteiger partial charge on any atom is -0.351 e. The molecule has 0 aliphatic heterocycles. The van der Waals surface area contributed by atoms with Gasteiger partial charge in [0.25, 0.3) is 11.5 Å². The standard InChI is InChI=1S/C14H17N3O2/c15-7-3-4-8-16-14(19)12-9-10-5-1-2-6-11(10)13(18)17-12/h1-2,5-6,9H,3-4,7-8,15H2,(H,16,19)(H,17,18). The lowest BCUT2D eigenvalue weighted by molar-refractivity contribution is 0.0948. The van der Waals surface area contributed by atoms with Gasteiger partial charge in [0.2, 0.25) is 0 Å². The molecule has 100 valence electrons. The van der Waals surface area contributed by atoms with Crippen LogP contribution in [0.1, 0.15) is 23.3 Å². The van der Waals surface area contributed by atoms with Gasteiger partial charge in [0.05, 0.1) is 0 Å². The van der Waals surface area contributed by atoms with Crippen LogP contribution in [0, 0.1) is 0 Å². The molecule has 2 aromatic rings. The largest absolute Gasteiger partial charge is 0.351 e. The van der Waals surface area contributed by atoms with Gasteiger partial charge in [-0.05, 0) is 36.9 Å². The molecule has 0 saturated heterocycles. The third-order valence-corrected chi connectivity index (χ3v) is 2.91. The molecule has 0 radical (unpaired) electrons. The fourth-order valence-corrected chi connectivity index (χ4v) is 1.90. The first-order chi connectivity index (χ1) is 9.22. The number of H-pyrrole nitrogens is 1. The van der Waals surface area contributed by atoms with E-state index in [1.807, 2.05) is 12.1 Å². The number of fused-ring (bicyclic) bond motifs is 1. The van der Waals surface area contributed by atoms with E-state index in [1.54, 1.807) is 18.2 Å². The van der Waals surface area contributed by atoms with E-state index >= 15 is 0 Å². The number of carbonyl (C=O) groups excluding carboxylic acids is 1. The summed E-state index contributed by atoms with van der Waals surface area (Å²) in [5.41, 5.74) is 5.42. The highest BCUT2D eigenvalue weighted by Gasteiger charge is 2.08. The number of aromatic nitrogens is 1. The third-order valence-electron chi connectivity index (χ3n) is 2.91. The molecule has 0 spiro atoms. The fraction of sp³-hybridized carbons (Fsp3) is 0.286. The highest BCUT2D eigenvalue weighted by Crippen LogP contribution is 2.09. The summed E-state index contributed by atoms with van der Waals surface area (Å²) in [6.45, 7) is 1.17. The maximum atomic E-state index is 11.9. The summed E-state index contributed by atoms with van der Waals surface area (Å²) in [6, 6.07) is 8.87. The Kier molecular flexibility index (Phi) is 4.30. The molecule has 0 atom stereocenters. The molecule has 19 heavy (non-hydrogen) atoms. The van der Waals surface area contributed by atoms with Crippen LogP contribution in [0.15, 0.2) is 35.1 Å². The van der Waals surface area contributed by atoms with Crippen LogP contribution in [-0.4, -0.2) is 24.0 Å². The Morgan fingerprint density at radius 1 is 1.26 bits per heavy atom. The van der Waals surface area contributed by atoms with E-state index in [4.69, 9.17) is 5.73 Å². The highest BCUT2D eigenvalue weighted by atomic mass is 16.2. The van der Waals surface area contributed by atoms with Crippen LogP contribution in [0.2, 0.25) is 0 Å². The van der Waals surface area contributed by atoms with E-state index in [-0.39, 0.29) is 17.2 Å². The van der Waals surface area contributed by atoms with Crippen molar-refractivity contribution in [1.82, 2.24) is 10.3 Å². The molecule has 0 unspecified atom stereocenters. The van der Waals surface area contributed by atoms with Gasteiger partial charge < -0.3 is 16.0 Å². The zero-order chi connectivity index (χ0) is 13.7. The van der Waals surface area contributed by atoms with E-state index in [1.165, 1.54) is 0 Å². The van der Waals surface area contributed by atoms with Crippen LogP contribution in [0.25, 0.3) is 10.8 Å². The molecule has 1 aromatic carbocycles. The summed E-state index contributed by atoms with van der Waals surface area (Å²) < 4.78 is 0. The van der Waals surface area contributed by atoms with E-state index < -0.39 is 0 Å². The molecule has 1 aromatic heterocycles. The Morgan fingerprint density at radius 3 is 2.84 bits per heavy atom. The molecular formula is C14H17N3O2. The van der Waals surface area contributed by atoms with Crippen LogP contribution in [0.3, 0.4) is 0 Å². The number of amides is 1. The second-order valence-corrected chi connectivity index (χ2v) is 4.35. The number of carbonyl (C=O) groups is 1. The monoisotopic (exact) mass is 259 g/mol. The SMILES string of the molecule is NCCCCNC(=O)c1cc2ccccc2c(=O)[nH]1. The maximum Gasteiger partial charge on any atom is 0.267 e. The predicted octanol–water partition coefficient (Wildman–Crippen LogP) is 0.997. The fourth-order valence-electron chi connectivity index (χ4n) is 1.90. The van der Waals surface area contributed by atoms with Crippen molar-refractivity contribution in [3.63, 3.8) is 0 Å².